The predicted molar refractivity (Wildman–Crippen MR) is 57.9 cm³/mol. The number of aliphatic carboxylic acids is 1. The van der Waals surface area contributed by atoms with Crippen molar-refractivity contribution in [1.29, 1.82) is 0 Å². The van der Waals surface area contributed by atoms with Gasteiger partial charge >= 0.3 is 5.97 Å². The van der Waals surface area contributed by atoms with Gasteiger partial charge in [-0.1, -0.05) is 6.92 Å². The molecule has 1 heterocycles. The molecule has 0 aromatic carbocycles. The van der Waals surface area contributed by atoms with Crippen LogP contribution in [0.2, 0.25) is 0 Å². The monoisotopic (exact) mass is 215 g/mol. The molecule has 0 aliphatic carbocycles. The quantitative estimate of drug-likeness (QED) is 0.727. The van der Waals surface area contributed by atoms with Crippen molar-refractivity contribution < 1.29 is 14.6 Å². The number of hydrogen-bond acceptors (Lipinski definition) is 3. The maximum Gasteiger partial charge on any atom is 0.323 e. The minimum Gasteiger partial charge on any atom is -0.480 e. The Morgan fingerprint density at radius 1 is 1.73 bits per heavy atom. The average Bonchev–Trinajstić information content (AvgIpc) is 2.70. The van der Waals surface area contributed by atoms with Crippen LogP contribution >= 0.6 is 0 Å². The van der Waals surface area contributed by atoms with E-state index in [0.29, 0.717) is 6.42 Å². The standard InChI is InChI=1S/C11H21NO3/c1-4-11(3,10(13)14)12-8(2)9-6-5-7-15-9/h8-9,12H,4-7H2,1-3H3,(H,13,14). The maximum absolute atomic E-state index is 11.1. The van der Waals surface area contributed by atoms with Crippen molar-refractivity contribution in [1.82, 2.24) is 5.32 Å². The van der Waals surface area contributed by atoms with Crippen LogP contribution in [0.25, 0.3) is 0 Å². The van der Waals surface area contributed by atoms with Crippen LogP contribution in [-0.2, 0) is 9.53 Å². The lowest BCUT2D eigenvalue weighted by molar-refractivity contribution is -0.145. The summed E-state index contributed by atoms with van der Waals surface area (Å²) in [6.45, 7) is 6.39. The van der Waals surface area contributed by atoms with Gasteiger partial charge in [0.25, 0.3) is 0 Å². The summed E-state index contributed by atoms with van der Waals surface area (Å²) in [6.07, 6.45) is 2.83. The minimum absolute atomic E-state index is 0.0912. The molecule has 4 heteroatoms. The molecule has 0 bridgehead atoms. The lowest BCUT2D eigenvalue weighted by Crippen LogP contribution is -2.55. The second-order valence-corrected chi connectivity index (χ2v) is 4.48. The molecule has 0 radical (unpaired) electrons. The molecule has 88 valence electrons. The highest BCUT2D eigenvalue weighted by Crippen LogP contribution is 2.19. The average molecular weight is 215 g/mol. The zero-order valence-electron chi connectivity index (χ0n) is 9.75. The zero-order valence-corrected chi connectivity index (χ0v) is 9.75. The third-order valence-corrected chi connectivity index (χ3v) is 3.25. The van der Waals surface area contributed by atoms with Gasteiger partial charge in [0.15, 0.2) is 0 Å². The normalized spacial score (nSPS) is 27.3. The van der Waals surface area contributed by atoms with Crippen LogP contribution in [-0.4, -0.2) is 35.4 Å². The highest BCUT2D eigenvalue weighted by atomic mass is 16.5. The van der Waals surface area contributed by atoms with E-state index in [9.17, 15) is 4.79 Å². The molecule has 0 spiro atoms. The van der Waals surface area contributed by atoms with Crippen LogP contribution in [0.1, 0.15) is 40.0 Å². The highest BCUT2D eigenvalue weighted by molar-refractivity contribution is 5.78. The second-order valence-electron chi connectivity index (χ2n) is 4.48. The molecule has 3 unspecified atom stereocenters. The topological polar surface area (TPSA) is 58.6 Å². The fraction of sp³-hybridized carbons (Fsp3) is 0.909. The first kappa shape index (κ1) is 12.5. The van der Waals surface area contributed by atoms with E-state index >= 15 is 0 Å². The van der Waals surface area contributed by atoms with Gasteiger partial charge in [-0.25, -0.2) is 0 Å². The van der Waals surface area contributed by atoms with Gasteiger partial charge in [-0.15, -0.1) is 0 Å². The summed E-state index contributed by atoms with van der Waals surface area (Å²) in [5.41, 5.74) is -0.842. The Kier molecular flexibility index (Phi) is 4.11. The van der Waals surface area contributed by atoms with E-state index in [-0.39, 0.29) is 12.1 Å². The van der Waals surface area contributed by atoms with Gasteiger partial charge in [0, 0.05) is 12.6 Å². The van der Waals surface area contributed by atoms with Gasteiger partial charge in [-0.2, -0.15) is 0 Å². The fourth-order valence-corrected chi connectivity index (χ4v) is 1.91. The summed E-state index contributed by atoms with van der Waals surface area (Å²) in [4.78, 5) is 11.1. The molecular formula is C11H21NO3. The van der Waals surface area contributed by atoms with Crippen LogP contribution in [0.3, 0.4) is 0 Å². The molecule has 1 fully saturated rings. The Morgan fingerprint density at radius 2 is 2.40 bits per heavy atom. The van der Waals surface area contributed by atoms with Crippen LogP contribution < -0.4 is 5.32 Å². The summed E-state index contributed by atoms with van der Waals surface area (Å²) in [6, 6.07) is 0.0912. The van der Waals surface area contributed by atoms with Crippen molar-refractivity contribution in [2.45, 2.75) is 57.7 Å². The minimum atomic E-state index is -0.842. The van der Waals surface area contributed by atoms with Gasteiger partial charge in [0.1, 0.15) is 5.54 Å². The number of rotatable bonds is 5. The van der Waals surface area contributed by atoms with Crippen molar-refractivity contribution in [2.24, 2.45) is 0 Å². The molecule has 4 nitrogen and oxygen atoms in total. The molecule has 15 heavy (non-hydrogen) atoms. The van der Waals surface area contributed by atoms with Crippen molar-refractivity contribution in [3.8, 4) is 0 Å². The van der Waals surface area contributed by atoms with Crippen molar-refractivity contribution in [2.75, 3.05) is 6.61 Å². The Bertz CT molecular complexity index is 226. The van der Waals surface area contributed by atoms with E-state index in [1.54, 1.807) is 6.92 Å². The molecule has 1 rings (SSSR count). The molecule has 0 amide bonds. The Hall–Kier alpha value is -0.610. The maximum atomic E-state index is 11.1. The second kappa shape index (κ2) is 4.94. The molecule has 0 aromatic rings. The Balaban J connectivity index is 2.54. The first-order chi connectivity index (χ1) is 6.99. The van der Waals surface area contributed by atoms with E-state index in [4.69, 9.17) is 9.84 Å². The summed E-state index contributed by atoms with van der Waals surface area (Å²) in [7, 11) is 0. The summed E-state index contributed by atoms with van der Waals surface area (Å²) >= 11 is 0. The van der Waals surface area contributed by atoms with Crippen molar-refractivity contribution in [3.05, 3.63) is 0 Å². The number of ether oxygens (including phenoxy) is 1. The van der Waals surface area contributed by atoms with E-state index in [2.05, 4.69) is 5.32 Å². The molecule has 1 saturated heterocycles. The van der Waals surface area contributed by atoms with E-state index in [1.165, 1.54) is 0 Å². The largest absolute Gasteiger partial charge is 0.480 e. The molecule has 0 saturated carbocycles. The first-order valence-electron chi connectivity index (χ1n) is 5.62. The van der Waals surface area contributed by atoms with Crippen LogP contribution in [0.4, 0.5) is 0 Å². The van der Waals surface area contributed by atoms with E-state index in [1.807, 2.05) is 13.8 Å². The number of nitrogens with one attached hydrogen (secondary N) is 1. The third-order valence-electron chi connectivity index (χ3n) is 3.25. The van der Waals surface area contributed by atoms with Gasteiger partial charge in [0.05, 0.1) is 6.10 Å². The molecule has 1 aliphatic rings. The summed E-state index contributed by atoms with van der Waals surface area (Å²) < 4.78 is 5.53. The lowest BCUT2D eigenvalue weighted by Gasteiger charge is -2.31. The molecule has 1 aliphatic heterocycles. The van der Waals surface area contributed by atoms with Crippen molar-refractivity contribution >= 4 is 5.97 Å². The van der Waals surface area contributed by atoms with Crippen LogP contribution in [0, 0.1) is 0 Å². The molecule has 0 aromatic heterocycles. The molecule has 2 N–H and O–H groups in total. The Morgan fingerprint density at radius 3 is 2.80 bits per heavy atom. The van der Waals surface area contributed by atoms with E-state index < -0.39 is 11.5 Å². The first-order valence-corrected chi connectivity index (χ1v) is 5.62. The van der Waals surface area contributed by atoms with Gasteiger partial charge < -0.3 is 9.84 Å². The predicted octanol–water partition coefficient (Wildman–Crippen LogP) is 1.40. The molecule has 3 atom stereocenters. The zero-order chi connectivity index (χ0) is 11.5. The molecular weight excluding hydrogens is 194 g/mol. The fourth-order valence-electron chi connectivity index (χ4n) is 1.91. The third kappa shape index (κ3) is 2.92. The number of carbonyl (C=O) groups is 1. The SMILES string of the molecule is CCC(C)(NC(C)C1CCCO1)C(=O)O. The summed E-state index contributed by atoms with van der Waals surface area (Å²) in [5, 5.41) is 12.3. The number of carboxylic acid groups (broad SMARTS) is 1. The van der Waals surface area contributed by atoms with Crippen LogP contribution in [0.15, 0.2) is 0 Å². The van der Waals surface area contributed by atoms with Gasteiger partial charge in [-0.05, 0) is 33.1 Å². The lowest BCUT2D eigenvalue weighted by atomic mass is 9.96. The summed E-state index contributed by atoms with van der Waals surface area (Å²) in [5.74, 6) is -0.796. The number of carboxylic acids is 1. The highest BCUT2D eigenvalue weighted by Gasteiger charge is 2.35. The number of hydrogen-bond donors (Lipinski definition) is 2. The van der Waals surface area contributed by atoms with Crippen LogP contribution in [0.5, 0.6) is 0 Å². The van der Waals surface area contributed by atoms with Gasteiger partial charge in [-0.3, -0.25) is 10.1 Å². The Labute approximate surface area is 91.0 Å². The van der Waals surface area contributed by atoms with Crippen molar-refractivity contribution in [3.63, 3.8) is 0 Å². The smallest absolute Gasteiger partial charge is 0.323 e. The van der Waals surface area contributed by atoms with Gasteiger partial charge in [0.2, 0.25) is 0 Å². The van der Waals surface area contributed by atoms with E-state index in [0.717, 1.165) is 19.4 Å².